The molecule has 2 aromatic carbocycles. The van der Waals surface area contributed by atoms with E-state index in [0.717, 1.165) is 16.7 Å². The van der Waals surface area contributed by atoms with Gasteiger partial charge in [0.2, 0.25) is 0 Å². The maximum atomic E-state index is 11.7. The Morgan fingerprint density at radius 1 is 1.17 bits per heavy atom. The summed E-state index contributed by atoms with van der Waals surface area (Å²) < 4.78 is 5.97. The highest BCUT2D eigenvalue weighted by Gasteiger charge is 2.49. The van der Waals surface area contributed by atoms with E-state index in [1.807, 2.05) is 19.1 Å². The molecule has 0 saturated heterocycles. The van der Waals surface area contributed by atoms with Crippen LogP contribution in [0, 0.1) is 6.92 Å². The van der Waals surface area contributed by atoms with Gasteiger partial charge in [-0.25, -0.2) is 4.79 Å². The molecule has 0 bridgehead atoms. The molecule has 124 valence electrons. The Labute approximate surface area is 153 Å². The van der Waals surface area contributed by atoms with E-state index in [2.05, 4.69) is 5.32 Å². The van der Waals surface area contributed by atoms with Crippen LogP contribution in [0.4, 0.5) is 5.69 Å². The highest BCUT2D eigenvalue weighted by Crippen LogP contribution is 2.52. The molecule has 3 unspecified atom stereocenters. The lowest BCUT2D eigenvalue weighted by Gasteiger charge is -2.34. The van der Waals surface area contributed by atoms with Crippen molar-refractivity contribution in [1.29, 1.82) is 0 Å². The van der Waals surface area contributed by atoms with Gasteiger partial charge in [0.15, 0.2) is 6.04 Å². The molecule has 24 heavy (non-hydrogen) atoms. The standard InChI is InChI=1S/C17H12Cl3NO3/c1-6-2-12-8(5-9(6)19)13-14-10(20)3-7(18)4-11(14)21-15(17(22)23)16(13)24-12/h2-5,13,15-16,21H,1H3,(H,22,23). The predicted molar refractivity (Wildman–Crippen MR) is 94.0 cm³/mol. The number of aliphatic carboxylic acids is 1. The highest BCUT2D eigenvalue weighted by molar-refractivity contribution is 6.36. The summed E-state index contributed by atoms with van der Waals surface area (Å²) in [4.78, 5) is 11.7. The van der Waals surface area contributed by atoms with E-state index in [0.29, 0.717) is 26.5 Å². The number of aryl methyl sites for hydroxylation is 1. The molecule has 0 aliphatic carbocycles. The fourth-order valence-corrected chi connectivity index (χ4v) is 4.24. The minimum atomic E-state index is -0.998. The first-order chi connectivity index (χ1) is 11.4. The van der Waals surface area contributed by atoms with Gasteiger partial charge < -0.3 is 15.2 Å². The minimum Gasteiger partial charge on any atom is -0.486 e. The van der Waals surface area contributed by atoms with Gasteiger partial charge >= 0.3 is 5.97 Å². The number of carboxylic acid groups (broad SMARTS) is 1. The van der Waals surface area contributed by atoms with Crippen molar-refractivity contribution in [2.75, 3.05) is 5.32 Å². The molecule has 2 aliphatic heterocycles. The summed E-state index contributed by atoms with van der Waals surface area (Å²) in [5.74, 6) is -0.679. The lowest BCUT2D eigenvalue weighted by atomic mass is 9.81. The Morgan fingerprint density at radius 3 is 2.62 bits per heavy atom. The third-order valence-corrected chi connectivity index (χ3v) is 5.47. The van der Waals surface area contributed by atoms with Gasteiger partial charge in [0.1, 0.15) is 11.9 Å². The second-order valence-corrected chi connectivity index (χ2v) is 7.26. The number of carbonyl (C=O) groups is 1. The average molecular weight is 385 g/mol. The molecule has 4 nitrogen and oxygen atoms in total. The Bertz CT molecular complexity index is 884. The molecule has 2 N–H and O–H groups in total. The number of rotatable bonds is 1. The van der Waals surface area contributed by atoms with Gasteiger partial charge in [-0.05, 0) is 36.8 Å². The first-order valence-corrected chi connectivity index (χ1v) is 8.45. The van der Waals surface area contributed by atoms with Gasteiger partial charge in [-0.15, -0.1) is 0 Å². The number of hydrogen-bond donors (Lipinski definition) is 2. The largest absolute Gasteiger partial charge is 0.486 e. The van der Waals surface area contributed by atoms with Gasteiger partial charge in [0.05, 0.1) is 5.92 Å². The number of halogens is 3. The zero-order valence-corrected chi connectivity index (χ0v) is 14.7. The molecule has 0 fully saturated rings. The van der Waals surface area contributed by atoms with Gasteiger partial charge in [-0.3, -0.25) is 0 Å². The number of anilines is 1. The summed E-state index contributed by atoms with van der Waals surface area (Å²) in [5, 5.41) is 14.1. The molecule has 7 heteroatoms. The van der Waals surface area contributed by atoms with Crippen molar-refractivity contribution in [3.8, 4) is 5.75 Å². The number of nitrogens with one attached hydrogen (secondary N) is 1. The molecule has 0 amide bonds. The molecular weight excluding hydrogens is 373 g/mol. The van der Waals surface area contributed by atoms with Crippen molar-refractivity contribution in [2.24, 2.45) is 0 Å². The van der Waals surface area contributed by atoms with Crippen LogP contribution in [0.5, 0.6) is 5.75 Å². The summed E-state index contributed by atoms with van der Waals surface area (Å²) in [6.45, 7) is 1.88. The van der Waals surface area contributed by atoms with E-state index >= 15 is 0 Å². The normalized spacial score (nSPS) is 23.6. The van der Waals surface area contributed by atoms with Crippen LogP contribution in [0.1, 0.15) is 22.6 Å². The first kappa shape index (κ1) is 15.9. The fourth-order valence-electron chi connectivity index (χ4n) is 3.46. The third-order valence-electron chi connectivity index (χ3n) is 4.53. The van der Waals surface area contributed by atoms with Gasteiger partial charge in [0, 0.05) is 31.9 Å². The topological polar surface area (TPSA) is 58.6 Å². The smallest absolute Gasteiger partial charge is 0.330 e. The van der Waals surface area contributed by atoms with Crippen LogP contribution in [0.2, 0.25) is 15.1 Å². The number of fused-ring (bicyclic) bond motifs is 5. The lowest BCUT2D eigenvalue weighted by Crippen LogP contribution is -2.48. The van der Waals surface area contributed by atoms with Crippen LogP contribution in [-0.4, -0.2) is 23.2 Å². The van der Waals surface area contributed by atoms with Crippen molar-refractivity contribution in [1.82, 2.24) is 0 Å². The first-order valence-electron chi connectivity index (χ1n) is 7.32. The van der Waals surface area contributed by atoms with Crippen LogP contribution in [0.25, 0.3) is 0 Å². The van der Waals surface area contributed by atoms with Gasteiger partial charge in [0.25, 0.3) is 0 Å². The zero-order chi connectivity index (χ0) is 17.2. The summed E-state index contributed by atoms with van der Waals surface area (Å²) in [6.07, 6.45) is -0.610. The van der Waals surface area contributed by atoms with E-state index in [-0.39, 0.29) is 5.92 Å². The number of carboxylic acids is 1. The second-order valence-electron chi connectivity index (χ2n) is 6.01. The molecule has 0 spiro atoms. The SMILES string of the molecule is Cc1cc2c(cc1Cl)C1c3c(Cl)cc(Cl)cc3NC(C(=O)O)C1O2. The Kier molecular flexibility index (Phi) is 3.60. The summed E-state index contributed by atoms with van der Waals surface area (Å²) in [6, 6.07) is 6.08. The molecule has 4 rings (SSSR count). The molecule has 3 atom stereocenters. The fraction of sp³-hybridized carbons (Fsp3) is 0.235. The van der Waals surface area contributed by atoms with E-state index in [1.54, 1.807) is 12.1 Å². The van der Waals surface area contributed by atoms with Crippen molar-refractivity contribution in [3.05, 3.63) is 56.0 Å². The van der Waals surface area contributed by atoms with Gasteiger partial charge in [-0.2, -0.15) is 0 Å². The number of hydrogen-bond acceptors (Lipinski definition) is 3. The van der Waals surface area contributed by atoms with Gasteiger partial charge in [-0.1, -0.05) is 34.8 Å². The molecular formula is C17H12Cl3NO3. The zero-order valence-electron chi connectivity index (χ0n) is 12.4. The Balaban J connectivity index is 1.97. The summed E-state index contributed by atoms with van der Waals surface area (Å²) >= 11 is 18.8. The maximum absolute atomic E-state index is 11.7. The molecule has 2 aliphatic rings. The highest BCUT2D eigenvalue weighted by atomic mass is 35.5. The van der Waals surface area contributed by atoms with Crippen LogP contribution in [0.15, 0.2) is 24.3 Å². The predicted octanol–water partition coefficient (Wildman–Crippen LogP) is 4.73. The van der Waals surface area contributed by atoms with E-state index < -0.39 is 18.1 Å². The maximum Gasteiger partial charge on any atom is 0.330 e. The minimum absolute atomic E-state index is 0.319. The quantitative estimate of drug-likeness (QED) is 0.746. The van der Waals surface area contributed by atoms with Crippen molar-refractivity contribution in [3.63, 3.8) is 0 Å². The Morgan fingerprint density at radius 2 is 1.92 bits per heavy atom. The van der Waals surface area contributed by atoms with Crippen LogP contribution < -0.4 is 10.1 Å². The summed E-state index contributed by atoms with van der Waals surface area (Å²) in [5.41, 5.74) is 3.10. The van der Waals surface area contributed by atoms with Crippen LogP contribution in [-0.2, 0) is 4.79 Å². The van der Waals surface area contributed by atoms with Crippen molar-refractivity contribution >= 4 is 46.5 Å². The average Bonchev–Trinajstić information content (AvgIpc) is 2.84. The van der Waals surface area contributed by atoms with Crippen molar-refractivity contribution in [2.45, 2.75) is 25.0 Å². The van der Waals surface area contributed by atoms with E-state index in [1.165, 1.54) is 0 Å². The van der Waals surface area contributed by atoms with E-state index in [4.69, 9.17) is 39.5 Å². The molecule has 0 aromatic heterocycles. The van der Waals surface area contributed by atoms with Crippen LogP contribution in [0.3, 0.4) is 0 Å². The lowest BCUT2D eigenvalue weighted by molar-refractivity contribution is -0.140. The Hall–Kier alpha value is -1.62. The second kappa shape index (κ2) is 5.45. The number of benzene rings is 2. The molecule has 0 saturated carbocycles. The molecule has 0 radical (unpaired) electrons. The van der Waals surface area contributed by atoms with Crippen molar-refractivity contribution < 1.29 is 14.6 Å². The molecule has 2 heterocycles. The number of ether oxygens (including phenoxy) is 1. The third kappa shape index (κ3) is 2.25. The monoisotopic (exact) mass is 383 g/mol. The van der Waals surface area contributed by atoms with E-state index in [9.17, 15) is 9.90 Å². The summed E-state index contributed by atoms with van der Waals surface area (Å²) in [7, 11) is 0. The molecule has 2 aromatic rings. The van der Waals surface area contributed by atoms with Crippen LogP contribution >= 0.6 is 34.8 Å².